The Balaban J connectivity index is 1.22. The summed E-state index contributed by atoms with van der Waals surface area (Å²) in [4.78, 5) is 30.3. The first-order valence-electron chi connectivity index (χ1n) is 11.2. The second-order valence-corrected chi connectivity index (χ2v) is 12.4. The van der Waals surface area contributed by atoms with Gasteiger partial charge in [-0.25, -0.2) is 15.0 Å². The van der Waals surface area contributed by atoms with Gasteiger partial charge in [-0.3, -0.25) is 4.79 Å². The lowest BCUT2D eigenvalue weighted by Crippen LogP contribution is -2.54. The highest BCUT2D eigenvalue weighted by molar-refractivity contribution is 7.17. The first-order valence-corrected chi connectivity index (χ1v) is 13.3. The van der Waals surface area contributed by atoms with Crippen LogP contribution in [0.15, 0.2) is 11.4 Å². The van der Waals surface area contributed by atoms with Crippen LogP contribution in [0.4, 0.5) is 0 Å². The Labute approximate surface area is 200 Å². The van der Waals surface area contributed by atoms with Gasteiger partial charge in [0.15, 0.2) is 5.01 Å². The molecule has 1 saturated carbocycles. The Morgan fingerprint density at radius 1 is 1.25 bits per heavy atom. The summed E-state index contributed by atoms with van der Waals surface area (Å²) < 4.78 is 0.638. The maximum atomic E-state index is 13.3. The van der Waals surface area contributed by atoms with Crippen molar-refractivity contribution >= 4 is 50.4 Å². The molecule has 5 heterocycles. The summed E-state index contributed by atoms with van der Waals surface area (Å²) in [5.74, 6) is 1.30. The number of piperidine rings is 1. The molecule has 3 aromatic rings. The van der Waals surface area contributed by atoms with E-state index in [-0.39, 0.29) is 29.3 Å². The second kappa shape index (κ2) is 7.45. The molecule has 1 N–H and O–H groups in total. The highest BCUT2D eigenvalue weighted by atomic mass is 35.5. The molecule has 3 aromatic heterocycles. The van der Waals surface area contributed by atoms with Crippen molar-refractivity contribution in [3.8, 4) is 0 Å². The fourth-order valence-electron chi connectivity index (χ4n) is 5.72. The number of aromatic nitrogens is 3. The van der Waals surface area contributed by atoms with Crippen molar-refractivity contribution in [1.82, 2.24) is 25.2 Å². The van der Waals surface area contributed by atoms with Crippen molar-refractivity contribution in [3.63, 3.8) is 0 Å². The summed E-state index contributed by atoms with van der Waals surface area (Å²) in [6.45, 7) is 4.22. The Morgan fingerprint density at radius 3 is 2.88 bits per heavy atom. The average molecular weight is 488 g/mol. The summed E-state index contributed by atoms with van der Waals surface area (Å²) >= 11 is 9.59. The summed E-state index contributed by atoms with van der Waals surface area (Å²) in [7, 11) is 1.92. The van der Waals surface area contributed by atoms with Gasteiger partial charge in [-0.15, -0.1) is 11.3 Å². The second-order valence-electron chi connectivity index (χ2n) is 9.87. The van der Waals surface area contributed by atoms with E-state index in [1.165, 1.54) is 24.2 Å². The SMILES string of the molecule is Cc1nc([C@@H]2C[C@H]2c2nc(C(=O)N(C)[C@H]3C[C@H]4CC[C@@](C)(C3)N4)sc2Cl)c2ccsc2n1. The van der Waals surface area contributed by atoms with Crippen LogP contribution >= 0.6 is 34.3 Å². The number of carbonyl (C=O) groups excluding carboxylic acids is 1. The predicted molar refractivity (Wildman–Crippen MR) is 129 cm³/mol. The molecule has 1 amide bonds. The summed E-state index contributed by atoms with van der Waals surface area (Å²) in [5.41, 5.74) is 2.10. The number of rotatable bonds is 4. The number of aryl methyl sites for hydroxylation is 1. The molecule has 6 nitrogen and oxygen atoms in total. The number of amides is 1. The number of fused-ring (bicyclic) bond motifs is 3. The van der Waals surface area contributed by atoms with Crippen LogP contribution in [0.5, 0.6) is 0 Å². The molecule has 9 heteroatoms. The molecule has 2 aliphatic heterocycles. The van der Waals surface area contributed by atoms with Crippen molar-refractivity contribution in [2.24, 2.45) is 0 Å². The van der Waals surface area contributed by atoms with E-state index in [1.807, 2.05) is 18.9 Å². The van der Waals surface area contributed by atoms with E-state index in [0.29, 0.717) is 15.4 Å². The third kappa shape index (κ3) is 3.47. The van der Waals surface area contributed by atoms with Crippen LogP contribution in [0.3, 0.4) is 0 Å². The van der Waals surface area contributed by atoms with Gasteiger partial charge < -0.3 is 10.2 Å². The van der Waals surface area contributed by atoms with Gasteiger partial charge in [0.2, 0.25) is 0 Å². The van der Waals surface area contributed by atoms with E-state index in [1.54, 1.807) is 11.3 Å². The lowest BCUT2D eigenvalue weighted by Gasteiger charge is -2.40. The molecule has 5 atom stereocenters. The van der Waals surface area contributed by atoms with Crippen molar-refractivity contribution in [3.05, 3.63) is 38.0 Å². The Morgan fingerprint density at radius 2 is 2.06 bits per heavy atom. The molecule has 0 spiro atoms. The summed E-state index contributed by atoms with van der Waals surface area (Å²) in [6.07, 6.45) is 5.35. The molecule has 2 saturated heterocycles. The zero-order chi connectivity index (χ0) is 22.2. The molecular formula is C23H26ClN5OS2. The molecule has 3 aliphatic rings. The minimum Gasteiger partial charge on any atom is -0.337 e. The standard InChI is InChI=1S/C23H26ClN5OS2/c1-11-25-17(14-5-7-31-20(14)26-11)15-9-16(15)18-19(24)32-21(27-18)22(30)29(3)13-8-12-4-6-23(2,10-13)28-12/h5,7,12-13,15-16,28H,4,6,8-10H2,1-3H3/t12-,13+,15-,16-,23+/m1/s1. The van der Waals surface area contributed by atoms with E-state index < -0.39 is 0 Å². The number of nitrogens with zero attached hydrogens (tertiary/aromatic N) is 4. The highest BCUT2D eigenvalue weighted by Crippen LogP contribution is 2.57. The quantitative estimate of drug-likeness (QED) is 0.552. The van der Waals surface area contributed by atoms with Crippen LogP contribution in [0.1, 0.15) is 77.9 Å². The third-order valence-corrected chi connectivity index (χ3v) is 9.54. The predicted octanol–water partition coefficient (Wildman–Crippen LogP) is 5.13. The summed E-state index contributed by atoms with van der Waals surface area (Å²) in [5, 5.41) is 7.42. The number of hydrogen-bond donors (Lipinski definition) is 1. The fraction of sp³-hybridized carbons (Fsp3) is 0.565. The zero-order valence-electron chi connectivity index (χ0n) is 18.4. The number of halogens is 1. The number of nitrogens with one attached hydrogen (secondary N) is 1. The number of hydrogen-bond acceptors (Lipinski definition) is 7. The van der Waals surface area contributed by atoms with Gasteiger partial charge in [-0.1, -0.05) is 22.9 Å². The van der Waals surface area contributed by atoms with Crippen molar-refractivity contribution in [1.29, 1.82) is 0 Å². The Kier molecular flexibility index (Phi) is 4.88. The van der Waals surface area contributed by atoms with Gasteiger partial charge in [0, 0.05) is 41.9 Å². The van der Waals surface area contributed by atoms with Crippen LogP contribution in [0.25, 0.3) is 10.2 Å². The zero-order valence-corrected chi connectivity index (χ0v) is 20.8. The van der Waals surface area contributed by atoms with Gasteiger partial charge in [0.25, 0.3) is 5.91 Å². The van der Waals surface area contributed by atoms with Gasteiger partial charge in [-0.2, -0.15) is 0 Å². The van der Waals surface area contributed by atoms with Crippen LogP contribution in [0.2, 0.25) is 4.34 Å². The van der Waals surface area contributed by atoms with E-state index in [4.69, 9.17) is 21.6 Å². The molecular weight excluding hydrogens is 462 g/mol. The minimum absolute atomic E-state index is 0.00615. The lowest BCUT2D eigenvalue weighted by molar-refractivity contribution is 0.0648. The Bertz CT molecular complexity index is 1220. The average Bonchev–Trinajstić information content (AvgIpc) is 3.07. The molecule has 6 rings (SSSR count). The van der Waals surface area contributed by atoms with Crippen molar-refractivity contribution in [2.75, 3.05) is 7.05 Å². The van der Waals surface area contributed by atoms with Gasteiger partial charge in [-0.05, 0) is 57.4 Å². The van der Waals surface area contributed by atoms with E-state index in [9.17, 15) is 4.79 Å². The topological polar surface area (TPSA) is 71.0 Å². The largest absolute Gasteiger partial charge is 0.337 e. The third-order valence-electron chi connectivity index (χ3n) is 7.46. The maximum absolute atomic E-state index is 13.3. The smallest absolute Gasteiger partial charge is 0.282 e. The minimum atomic E-state index is -0.00615. The number of thiophene rings is 1. The number of carbonyl (C=O) groups is 1. The molecule has 32 heavy (non-hydrogen) atoms. The molecule has 1 aliphatic carbocycles. The van der Waals surface area contributed by atoms with Crippen LogP contribution in [-0.2, 0) is 0 Å². The summed E-state index contributed by atoms with van der Waals surface area (Å²) in [6, 6.07) is 2.86. The normalized spacial score (nSPS) is 31.2. The fourth-order valence-corrected chi connectivity index (χ4v) is 7.78. The molecule has 3 fully saturated rings. The first-order chi connectivity index (χ1) is 15.3. The van der Waals surface area contributed by atoms with Crippen LogP contribution in [0, 0.1) is 6.92 Å². The van der Waals surface area contributed by atoms with Crippen LogP contribution < -0.4 is 5.32 Å². The lowest BCUT2D eigenvalue weighted by atomic mass is 9.88. The van der Waals surface area contributed by atoms with E-state index >= 15 is 0 Å². The number of thiazole rings is 1. The molecule has 0 radical (unpaired) electrons. The van der Waals surface area contributed by atoms with E-state index in [0.717, 1.165) is 46.7 Å². The van der Waals surface area contributed by atoms with Gasteiger partial charge in [0.1, 0.15) is 15.0 Å². The monoisotopic (exact) mass is 487 g/mol. The van der Waals surface area contributed by atoms with E-state index in [2.05, 4.69) is 28.7 Å². The van der Waals surface area contributed by atoms with Crippen LogP contribution in [-0.4, -0.2) is 50.4 Å². The first kappa shape index (κ1) is 21.0. The molecule has 2 bridgehead atoms. The van der Waals surface area contributed by atoms with Crippen molar-refractivity contribution in [2.45, 2.75) is 75.4 Å². The van der Waals surface area contributed by atoms with Gasteiger partial charge in [0.05, 0.1) is 11.4 Å². The maximum Gasteiger partial charge on any atom is 0.282 e. The Hall–Kier alpha value is -1.61. The highest BCUT2D eigenvalue weighted by Gasteiger charge is 2.46. The van der Waals surface area contributed by atoms with Gasteiger partial charge >= 0.3 is 0 Å². The molecule has 0 aromatic carbocycles. The molecule has 0 unspecified atom stereocenters. The molecule has 168 valence electrons. The van der Waals surface area contributed by atoms with Crippen molar-refractivity contribution < 1.29 is 4.79 Å².